The molecule has 0 bridgehead atoms. The first-order chi connectivity index (χ1) is 6.09. The van der Waals surface area contributed by atoms with Crippen LogP contribution in [0.2, 0.25) is 0 Å². The van der Waals surface area contributed by atoms with Crippen LogP contribution in [0.15, 0.2) is 18.2 Å². The number of aromatic hydroxyl groups is 1. The Bertz CT molecular complexity index is 323. The van der Waals surface area contributed by atoms with E-state index in [1.807, 2.05) is 0 Å². The summed E-state index contributed by atoms with van der Waals surface area (Å²) in [5.41, 5.74) is 1.63. The predicted octanol–water partition coefficient (Wildman–Crippen LogP) is 1.52. The van der Waals surface area contributed by atoms with Crippen molar-refractivity contribution in [3.8, 4) is 5.75 Å². The molecule has 0 aromatic heterocycles. The van der Waals surface area contributed by atoms with E-state index in [9.17, 15) is 15.2 Å². The average molecular weight is 181 g/mol. The maximum absolute atomic E-state index is 10.1. The van der Waals surface area contributed by atoms with Gasteiger partial charge in [0, 0.05) is 11.3 Å². The lowest BCUT2D eigenvalue weighted by Crippen LogP contribution is -2.03. The first-order valence-electron chi connectivity index (χ1n) is 4.00. The number of benzene rings is 1. The normalized spacial score (nSPS) is 9.92. The van der Waals surface area contributed by atoms with E-state index in [1.54, 1.807) is 25.1 Å². The van der Waals surface area contributed by atoms with Crippen LogP contribution in [-0.4, -0.2) is 16.6 Å². The number of hydrogen-bond donors (Lipinski definition) is 1. The number of phenolic OH excluding ortho intramolecular Hbond substituents is 1. The lowest BCUT2D eigenvalue weighted by Gasteiger charge is -2.01. The molecule has 1 aromatic carbocycles. The van der Waals surface area contributed by atoms with Crippen LogP contribution in [-0.2, 0) is 6.42 Å². The van der Waals surface area contributed by atoms with Gasteiger partial charge in [-0.2, -0.15) is 0 Å². The summed E-state index contributed by atoms with van der Waals surface area (Å²) in [5.74, 6) is 0.227. The topological polar surface area (TPSA) is 63.4 Å². The van der Waals surface area contributed by atoms with E-state index in [0.29, 0.717) is 6.42 Å². The summed E-state index contributed by atoms with van der Waals surface area (Å²) in [7, 11) is 0. The average Bonchev–Trinajstić information content (AvgIpc) is 2.07. The van der Waals surface area contributed by atoms with Crippen molar-refractivity contribution in [2.24, 2.45) is 0 Å². The summed E-state index contributed by atoms with van der Waals surface area (Å²) in [5, 5.41) is 19.3. The van der Waals surface area contributed by atoms with Crippen molar-refractivity contribution in [3.05, 3.63) is 39.4 Å². The van der Waals surface area contributed by atoms with Crippen LogP contribution in [0.1, 0.15) is 11.1 Å². The van der Waals surface area contributed by atoms with Gasteiger partial charge >= 0.3 is 0 Å². The number of nitro groups is 1. The molecule has 0 aliphatic carbocycles. The Kier molecular flexibility index (Phi) is 2.84. The van der Waals surface area contributed by atoms with E-state index in [2.05, 4.69) is 0 Å². The summed E-state index contributed by atoms with van der Waals surface area (Å²) in [6, 6.07) is 5.02. The van der Waals surface area contributed by atoms with E-state index in [0.717, 1.165) is 11.1 Å². The van der Waals surface area contributed by atoms with Gasteiger partial charge in [0.25, 0.3) is 0 Å². The van der Waals surface area contributed by atoms with Crippen molar-refractivity contribution in [2.45, 2.75) is 13.3 Å². The van der Waals surface area contributed by atoms with Gasteiger partial charge < -0.3 is 5.11 Å². The van der Waals surface area contributed by atoms with Gasteiger partial charge in [-0.05, 0) is 24.1 Å². The van der Waals surface area contributed by atoms with Crippen molar-refractivity contribution < 1.29 is 10.0 Å². The van der Waals surface area contributed by atoms with Crippen LogP contribution in [0, 0.1) is 17.0 Å². The van der Waals surface area contributed by atoms with E-state index in [-0.39, 0.29) is 17.2 Å². The molecule has 0 heterocycles. The molecule has 0 atom stereocenters. The van der Waals surface area contributed by atoms with Gasteiger partial charge in [0.15, 0.2) is 0 Å². The molecule has 1 rings (SSSR count). The molecular weight excluding hydrogens is 170 g/mol. The van der Waals surface area contributed by atoms with Crippen molar-refractivity contribution in [2.75, 3.05) is 6.54 Å². The predicted molar refractivity (Wildman–Crippen MR) is 48.4 cm³/mol. The minimum atomic E-state index is -0.345. The summed E-state index contributed by atoms with van der Waals surface area (Å²) in [4.78, 5) is 9.74. The highest BCUT2D eigenvalue weighted by Crippen LogP contribution is 2.16. The van der Waals surface area contributed by atoms with Gasteiger partial charge in [-0.15, -0.1) is 0 Å². The van der Waals surface area contributed by atoms with Crippen LogP contribution in [0.4, 0.5) is 0 Å². The molecule has 4 nitrogen and oxygen atoms in total. The van der Waals surface area contributed by atoms with Gasteiger partial charge in [0.2, 0.25) is 6.54 Å². The van der Waals surface area contributed by atoms with Crippen LogP contribution in [0.5, 0.6) is 5.75 Å². The smallest absolute Gasteiger partial charge is 0.207 e. The van der Waals surface area contributed by atoms with Crippen molar-refractivity contribution in [1.82, 2.24) is 0 Å². The zero-order chi connectivity index (χ0) is 9.84. The second-order valence-corrected chi connectivity index (χ2v) is 2.93. The van der Waals surface area contributed by atoms with E-state index in [1.165, 1.54) is 0 Å². The van der Waals surface area contributed by atoms with Gasteiger partial charge in [-0.25, -0.2) is 0 Å². The first-order valence-corrected chi connectivity index (χ1v) is 4.00. The molecule has 0 unspecified atom stereocenters. The number of nitrogens with zero attached hydrogens (tertiary/aromatic N) is 1. The third-order valence-corrected chi connectivity index (χ3v) is 1.84. The van der Waals surface area contributed by atoms with Crippen LogP contribution < -0.4 is 0 Å². The molecule has 4 heteroatoms. The second kappa shape index (κ2) is 3.89. The molecule has 0 spiro atoms. The Morgan fingerprint density at radius 1 is 1.54 bits per heavy atom. The number of aryl methyl sites for hydroxylation is 1. The van der Waals surface area contributed by atoms with Gasteiger partial charge in [-0.1, -0.05) is 12.1 Å². The molecular formula is C9H11NO3. The Morgan fingerprint density at radius 3 is 2.77 bits per heavy atom. The van der Waals surface area contributed by atoms with Crippen molar-refractivity contribution in [3.63, 3.8) is 0 Å². The lowest BCUT2D eigenvalue weighted by atomic mass is 10.1. The van der Waals surface area contributed by atoms with Crippen LogP contribution in [0.3, 0.4) is 0 Å². The second-order valence-electron chi connectivity index (χ2n) is 2.93. The first kappa shape index (κ1) is 9.51. The lowest BCUT2D eigenvalue weighted by molar-refractivity contribution is -0.479. The molecule has 1 N–H and O–H groups in total. The minimum absolute atomic E-state index is 0.0653. The van der Waals surface area contributed by atoms with Crippen LogP contribution >= 0.6 is 0 Å². The maximum Gasteiger partial charge on any atom is 0.207 e. The molecule has 70 valence electrons. The van der Waals surface area contributed by atoms with E-state index < -0.39 is 0 Å². The van der Waals surface area contributed by atoms with Gasteiger partial charge in [0.1, 0.15) is 5.75 Å². The maximum atomic E-state index is 10.1. The summed E-state index contributed by atoms with van der Waals surface area (Å²) in [6.07, 6.45) is 0.411. The molecule has 0 aliphatic rings. The molecule has 0 aliphatic heterocycles. The molecule has 13 heavy (non-hydrogen) atoms. The highest BCUT2D eigenvalue weighted by molar-refractivity contribution is 5.34. The largest absolute Gasteiger partial charge is 0.508 e. The third-order valence-electron chi connectivity index (χ3n) is 1.84. The summed E-state index contributed by atoms with van der Waals surface area (Å²) < 4.78 is 0. The van der Waals surface area contributed by atoms with Gasteiger partial charge in [-0.3, -0.25) is 10.1 Å². The zero-order valence-electron chi connectivity index (χ0n) is 7.36. The summed E-state index contributed by atoms with van der Waals surface area (Å²) >= 11 is 0. The molecule has 0 amide bonds. The monoisotopic (exact) mass is 181 g/mol. The quantitative estimate of drug-likeness (QED) is 0.568. The highest BCUT2D eigenvalue weighted by Gasteiger charge is 2.01. The van der Waals surface area contributed by atoms with E-state index >= 15 is 0 Å². The standard InChI is InChI=1S/C9H11NO3/c1-7-6-8(2-3-9(7)11)4-5-10(12)13/h2-3,6,11H,4-5H2,1H3. The van der Waals surface area contributed by atoms with Crippen molar-refractivity contribution in [1.29, 1.82) is 0 Å². The zero-order valence-corrected chi connectivity index (χ0v) is 7.36. The Balaban J connectivity index is 2.68. The molecule has 0 radical (unpaired) electrons. The third kappa shape index (κ3) is 2.74. The minimum Gasteiger partial charge on any atom is -0.508 e. The number of phenols is 1. The fraction of sp³-hybridized carbons (Fsp3) is 0.333. The highest BCUT2D eigenvalue weighted by atomic mass is 16.6. The molecule has 0 saturated carbocycles. The Hall–Kier alpha value is -1.58. The Labute approximate surface area is 76.0 Å². The molecule has 0 fully saturated rings. The number of hydrogen-bond acceptors (Lipinski definition) is 3. The van der Waals surface area contributed by atoms with Crippen molar-refractivity contribution >= 4 is 0 Å². The number of rotatable bonds is 3. The van der Waals surface area contributed by atoms with Crippen LogP contribution in [0.25, 0.3) is 0 Å². The van der Waals surface area contributed by atoms with E-state index in [4.69, 9.17) is 0 Å². The molecule has 0 saturated heterocycles. The summed E-state index contributed by atoms with van der Waals surface area (Å²) in [6.45, 7) is 1.70. The van der Waals surface area contributed by atoms with Gasteiger partial charge in [0.05, 0.1) is 0 Å². The SMILES string of the molecule is Cc1cc(CC[N+](=O)[O-])ccc1O. The molecule has 1 aromatic rings. The fourth-order valence-corrected chi connectivity index (χ4v) is 1.09. The Morgan fingerprint density at radius 2 is 2.23 bits per heavy atom. The fourth-order valence-electron chi connectivity index (χ4n) is 1.09.